The van der Waals surface area contributed by atoms with Crippen LogP contribution < -0.4 is 5.32 Å². The number of amides is 1. The lowest BCUT2D eigenvalue weighted by Crippen LogP contribution is -2.50. The summed E-state index contributed by atoms with van der Waals surface area (Å²) >= 11 is 0. The van der Waals surface area contributed by atoms with Crippen molar-refractivity contribution < 1.29 is 9.21 Å². The number of benzene rings is 1. The van der Waals surface area contributed by atoms with E-state index in [1.165, 1.54) is 0 Å². The van der Waals surface area contributed by atoms with Crippen molar-refractivity contribution in [3.63, 3.8) is 0 Å². The van der Waals surface area contributed by atoms with E-state index in [2.05, 4.69) is 32.5 Å². The minimum Gasteiger partial charge on any atom is -0.424 e. The Kier molecular flexibility index (Phi) is 4.53. The molecule has 1 atom stereocenters. The Balaban J connectivity index is 1.36. The van der Waals surface area contributed by atoms with Crippen LogP contribution in [0.1, 0.15) is 62.3 Å². The van der Waals surface area contributed by atoms with Gasteiger partial charge in [-0.05, 0) is 24.8 Å². The Morgan fingerprint density at radius 2 is 1.96 bits per heavy atom. The Hall–Kier alpha value is -2.21. The van der Waals surface area contributed by atoms with Gasteiger partial charge in [0.1, 0.15) is 0 Å². The molecule has 2 aromatic rings. The van der Waals surface area contributed by atoms with Crippen LogP contribution in [0.25, 0.3) is 0 Å². The van der Waals surface area contributed by atoms with Crippen molar-refractivity contribution in [1.82, 2.24) is 20.4 Å². The molecule has 0 aliphatic carbocycles. The molecule has 2 aliphatic heterocycles. The summed E-state index contributed by atoms with van der Waals surface area (Å²) < 4.78 is 5.72. The smallest absolute Gasteiger partial charge is 0.230 e. The van der Waals surface area contributed by atoms with Crippen molar-refractivity contribution in [2.45, 2.75) is 57.0 Å². The summed E-state index contributed by atoms with van der Waals surface area (Å²) in [7, 11) is 0. The molecule has 1 aromatic heterocycles. The number of hydrogen-bond acceptors (Lipinski definition) is 5. The predicted molar refractivity (Wildman–Crippen MR) is 97.6 cm³/mol. The molecule has 6 heteroatoms. The zero-order valence-corrected chi connectivity index (χ0v) is 15.4. The molecule has 4 rings (SSSR count). The van der Waals surface area contributed by atoms with Gasteiger partial charge in [-0.25, -0.2) is 0 Å². The Labute approximate surface area is 154 Å². The SMILES string of the molecule is CC(C)c1nnc(CN2CCC3(CC2)C[C@@H](c2ccccc2)C(=O)N3)o1. The summed E-state index contributed by atoms with van der Waals surface area (Å²) in [5, 5.41) is 11.6. The van der Waals surface area contributed by atoms with Gasteiger partial charge in [0.25, 0.3) is 0 Å². The largest absolute Gasteiger partial charge is 0.424 e. The lowest BCUT2D eigenvalue weighted by atomic mass is 9.82. The van der Waals surface area contributed by atoms with Crippen LogP contribution in [0.5, 0.6) is 0 Å². The number of nitrogens with one attached hydrogen (secondary N) is 1. The molecule has 2 saturated heterocycles. The first-order valence-corrected chi connectivity index (χ1v) is 9.46. The lowest BCUT2D eigenvalue weighted by molar-refractivity contribution is -0.121. The monoisotopic (exact) mass is 354 g/mol. The van der Waals surface area contributed by atoms with Crippen molar-refractivity contribution in [3.05, 3.63) is 47.7 Å². The predicted octanol–water partition coefficient (Wildman–Crippen LogP) is 2.83. The van der Waals surface area contributed by atoms with Crippen molar-refractivity contribution >= 4 is 5.91 Å². The minimum absolute atomic E-state index is 0.0210. The first kappa shape index (κ1) is 17.2. The number of carbonyl (C=O) groups is 1. The number of piperidine rings is 1. The average Bonchev–Trinajstić information content (AvgIpc) is 3.23. The van der Waals surface area contributed by atoms with E-state index in [0.717, 1.165) is 37.9 Å². The van der Waals surface area contributed by atoms with Crippen LogP contribution in [-0.2, 0) is 11.3 Å². The fourth-order valence-electron chi connectivity index (χ4n) is 4.06. The molecule has 138 valence electrons. The van der Waals surface area contributed by atoms with E-state index in [9.17, 15) is 4.79 Å². The van der Waals surface area contributed by atoms with Crippen LogP contribution in [-0.4, -0.2) is 39.6 Å². The quantitative estimate of drug-likeness (QED) is 0.914. The average molecular weight is 354 g/mol. The molecule has 3 heterocycles. The first-order chi connectivity index (χ1) is 12.5. The molecule has 0 bridgehead atoms. The Bertz CT molecular complexity index is 763. The van der Waals surface area contributed by atoms with Gasteiger partial charge < -0.3 is 9.73 Å². The standard InChI is InChI=1S/C20H26N4O2/c1-14(2)19-23-22-17(26-19)13-24-10-8-20(9-11-24)12-16(18(25)21-20)15-6-4-3-5-7-15/h3-7,14,16H,8-13H2,1-2H3,(H,21,25)/t16-/m0/s1. The second kappa shape index (κ2) is 6.83. The highest BCUT2D eigenvalue weighted by molar-refractivity contribution is 5.87. The third-order valence-corrected chi connectivity index (χ3v) is 5.65. The van der Waals surface area contributed by atoms with Crippen molar-refractivity contribution in [3.8, 4) is 0 Å². The van der Waals surface area contributed by atoms with Gasteiger partial charge in [-0.2, -0.15) is 0 Å². The normalized spacial score (nSPS) is 22.9. The van der Waals surface area contributed by atoms with Gasteiger partial charge in [-0.3, -0.25) is 9.69 Å². The zero-order valence-electron chi connectivity index (χ0n) is 15.4. The molecule has 1 N–H and O–H groups in total. The molecular formula is C20H26N4O2. The molecule has 0 saturated carbocycles. The van der Waals surface area contributed by atoms with Gasteiger partial charge in [0.05, 0.1) is 12.5 Å². The summed E-state index contributed by atoms with van der Waals surface area (Å²) in [4.78, 5) is 14.9. The molecule has 2 fully saturated rings. The molecule has 0 unspecified atom stereocenters. The maximum atomic E-state index is 12.5. The number of likely N-dealkylation sites (tertiary alicyclic amines) is 1. The zero-order chi connectivity index (χ0) is 18.1. The summed E-state index contributed by atoms with van der Waals surface area (Å²) in [6.45, 7) is 6.65. The molecule has 1 spiro atoms. The molecule has 26 heavy (non-hydrogen) atoms. The highest BCUT2D eigenvalue weighted by atomic mass is 16.4. The van der Waals surface area contributed by atoms with Crippen LogP contribution in [0.4, 0.5) is 0 Å². The van der Waals surface area contributed by atoms with E-state index in [0.29, 0.717) is 18.3 Å². The third-order valence-electron chi connectivity index (χ3n) is 5.65. The van der Waals surface area contributed by atoms with E-state index >= 15 is 0 Å². The maximum Gasteiger partial charge on any atom is 0.230 e. The van der Waals surface area contributed by atoms with Gasteiger partial charge >= 0.3 is 0 Å². The first-order valence-electron chi connectivity index (χ1n) is 9.46. The van der Waals surface area contributed by atoms with Crippen LogP contribution in [0.3, 0.4) is 0 Å². The van der Waals surface area contributed by atoms with Gasteiger partial charge in [0.15, 0.2) is 0 Å². The van der Waals surface area contributed by atoms with Crippen LogP contribution in [0.15, 0.2) is 34.7 Å². The van der Waals surface area contributed by atoms with Gasteiger partial charge in [-0.1, -0.05) is 44.2 Å². The van der Waals surface area contributed by atoms with Gasteiger partial charge in [-0.15, -0.1) is 10.2 Å². The minimum atomic E-state index is -0.0635. The second-order valence-electron chi connectivity index (χ2n) is 7.90. The second-order valence-corrected chi connectivity index (χ2v) is 7.90. The number of aromatic nitrogens is 2. The summed E-state index contributed by atoms with van der Waals surface area (Å²) in [5.41, 5.74) is 1.06. The van der Waals surface area contributed by atoms with Crippen LogP contribution in [0, 0.1) is 0 Å². The molecule has 1 aromatic carbocycles. The lowest BCUT2D eigenvalue weighted by Gasteiger charge is -2.38. The summed E-state index contributed by atoms with van der Waals surface area (Å²) in [6, 6.07) is 10.1. The summed E-state index contributed by atoms with van der Waals surface area (Å²) in [6.07, 6.45) is 2.82. The fourth-order valence-corrected chi connectivity index (χ4v) is 4.06. The van der Waals surface area contributed by atoms with E-state index in [1.54, 1.807) is 0 Å². The highest BCUT2D eigenvalue weighted by Gasteiger charge is 2.46. The van der Waals surface area contributed by atoms with Gasteiger partial charge in [0.2, 0.25) is 17.7 Å². The molecule has 6 nitrogen and oxygen atoms in total. The van der Waals surface area contributed by atoms with Gasteiger partial charge in [0, 0.05) is 24.5 Å². The highest BCUT2D eigenvalue weighted by Crippen LogP contribution is 2.39. The van der Waals surface area contributed by atoms with Crippen LogP contribution in [0.2, 0.25) is 0 Å². The van der Waals surface area contributed by atoms with E-state index < -0.39 is 0 Å². The van der Waals surface area contributed by atoms with Crippen molar-refractivity contribution in [2.75, 3.05) is 13.1 Å². The number of nitrogens with zero attached hydrogens (tertiary/aromatic N) is 3. The molecule has 0 radical (unpaired) electrons. The van der Waals surface area contributed by atoms with Crippen LogP contribution >= 0.6 is 0 Å². The number of carbonyl (C=O) groups excluding carboxylic acids is 1. The Morgan fingerprint density at radius 3 is 2.62 bits per heavy atom. The van der Waals surface area contributed by atoms with E-state index in [4.69, 9.17) is 4.42 Å². The molecule has 1 amide bonds. The van der Waals surface area contributed by atoms with Crippen molar-refractivity contribution in [1.29, 1.82) is 0 Å². The Morgan fingerprint density at radius 1 is 1.23 bits per heavy atom. The third kappa shape index (κ3) is 3.38. The topological polar surface area (TPSA) is 71.3 Å². The number of rotatable bonds is 4. The molecular weight excluding hydrogens is 328 g/mol. The number of hydrogen-bond donors (Lipinski definition) is 1. The molecule has 2 aliphatic rings. The fraction of sp³-hybridized carbons (Fsp3) is 0.550. The summed E-state index contributed by atoms with van der Waals surface area (Å²) in [5.74, 6) is 1.78. The van der Waals surface area contributed by atoms with Crippen molar-refractivity contribution in [2.24, 2.45) is 0 Å². The maximum absolute atomic E-state index is 12.5. The van der Waals surface area contributed by atoms with E-state index in [1.807, 2.05) is 32.0 Å². The van der Waals surface area contributed by atoms with E-state index in [-0.39, 0.29) is 23.3 Å².